The van der Waals surface area contributed by atoms with E-state index in [-0.39, 0.29) is 44.0 Å². The Hall–Kier alpha value is -3.93. The fourth-order valence-corrected chi connectivity index (χ4v) is 7.90. The van der Waals surface area contributed by atoms with Crippen LogP contribution in [0.1, 0.15) is 265 Å². The molecule has 0 fully saturated rings. The summed E-state index contributed by atoms with van der Waals surface area (Å²) in [4.78, 5) is 38.2. The number of unbranched alkanes of at least 4 members (excludes halogenated alkanes) is 25. The molecule has 404 valence electrons. The highest BCUT2D eigenvalue weighted by Crippen LogP contribution is 2.14. The van der Waals surface area contributed by atoms with E-state index in [2.05, 4.69) is 124 Å². The summed E-state index contributed by atoms with van der Waals surface area (Å²) in [6.07, 6.45) is 79.5. The summed E-state index contributed by atoms with van der Waals surface area (Å²) < 4.78 is 16.8. The molecule has 0 N–H and O–H groups in total. The largest absolute Gasteiger partial charge is 0.462 e. The van der Waals surface area contributed by atoms with E-state index in [9.17, 15) is 14.4 Å². The number of hydrogen-bond donors (Lipinski definition) is 0. The molecule has 0 bridgehead atoms. The van der Waals surface area contributed by atoms with Gasteiger partial charge >= 0.3 is 17.9 Å². The molecular formula is C65H108O6. The number of ether oxygens (including phenoxy) is 3. The molecule has 0 radical (unpaired) electrons. The number of esters is 3. The molecule has 0 saturated carbocycles. The Kier molecular flexibility index (Phi) is 55.4. The van der Waals surface area contributed by atoms with E-state index >= 15 is 0 Å². The average molecular weight is 986 g/mol. The number of carbonyl (C=O) groups is 3. The maximum atomic E-state index is 12.9. The van der Waals surface area contributed by atoms with Crippen LogP contribution in [0.2, 0.25) is 0 Å². The predicted molar refractivity (Wildman–Crippen MR) is 307 cm³/mol. The van der Waals surface area contributed by atoms with Crippen LogP contribution in [-0.4, -0.2) is 37.2 Å². The van der Waals surface area contributed by atoms with Crippen molar-refractivity contribution >= 4 is 17.9 Å². The predicted octanol–water partition coefficient (Wildman–Crippen LogP) is 19.9. The Morgan fingerprint density at radius 2 is 0.634 bits per heavy atom. The molecule has 1 atom stereocenters. The van der Waals surface area contributed by atoms with E-state index < -0.39 is 6.10 Å². The summed E-state index contributed by atoms with van der Waals surface area (Å²) in [6, 6.07) is 0. The summed E-state index contributed by atoms with van der Waals surface area (Å²) in [7, 11) is 0. The third kappa shape index (κ3) is 56.9. The monoisotopic (exact) mass is 985 g/mol. The Morgan fingerprint density at radius 1 is 0.310 bits per heavy atom. The van der Waals surface area contributed by atoms with Crippen molar-refractivity contribution in [1.29, 1.82) is 0 Å². The highest BCUT2D eigenvalue weighted by Gasteiger charge is 2.19. The lowest BCUT2D eigenvalue weighted by Crippen LogP contribution is -2.30. The molecule has 0 saturated heterocycles. The fraction of sp³-hybridized carbons (Fsp3) is 0.677. The molecule has 0 aromatic heterocycles. The second-order valence-corrected chi connectivity index (χ2v) is 19.2. The van der Waals surface area contributed by atoms with Gasteiger partial charge in [0.25, 0.3) is 0 Å². The molecule has 6 nitrogen and oxygen atoms in total. The number of carbonyl (C=O) groups excluding carboxylic acids is 3. The smallest absolute Gasteiger partial charge is 0.306 e. The molecule has 71 heavy (non-hydrogen) atoms. The SMILES string of the molecule is CC/C=C\C/C=C\C/C=C\C/C=C\C/C=C\CCC(=O)OCC(COC(=O)CCCCCCCCC/C=C\CCCCCCCCCC)OC(=O)CCCCCCC\C=C/C=C\C=C/CCCCCCC. The van der Waals surface area contributed by atoms with Crippen LogP contribution in [-0.2, 0) is 28.6 Å². The van der Waals surface area contributed by atoms with Crippen molar-refractivity contribution in [3.63, 3.8) is 0 Å². The van der Waals surface area contributed by atoms with Gasteiger partial charge in [-0.3, -0.25) is 14.4 Å². The first kappa shape index (κ1) is 67.1. The maximum Gasteiger partial charge on any atom is 0.306 e. The molecule has 0 aliphatic heterocycles. The van der Waals surface area contributed by atoms with Crippen molar-refractivity contribution in [3.8, 4) is 0 Å². The topological polar surface area (TPSA) is 78.9 Å². The summed E-state index contributed by atoms with van der Waals surface area (Å²) >= 11 is 0. The number of hydrogen-bond acceptors (Lipinski definition) is 6. The quantitative estimate of drug-likeness (QED) is 0.0199. The van der Waals surface area contributed by atoms with E-state index in [4.69, 9.17) is 14.2 Å². The lowest BCUT2D eigenvalue weighted by Gasteiger charge is -2.18. The molecular weight excluding hydrogens is 877 g/mol. The zero-order valence-corrected chi connectivity index (χ0v) is 46.2. The van der Waals surface area contributed by atoms with Gasteiger partial charge in [-0.25, -0.2) is 0 Å². The second kappa shape index (κ2) is 58.6. The van der Waals surface area contributed by atoms with Crippen LogP contribution in [0.3, 0.4) is 0 Å². The minimum atomic E-state index is -0.823. The van der Waals surface area contributed by atoms with Crippen molar-refractivity contribution in [2.24, 2.45) is 0 Å². The second-order valence-electron chi connectivity index (χ2n) is 19.2. The Bertz CT molecular complexity index is 1460. The summed E-state index contributed by atoms with van der Waals surface area (Å²) in [6.45, 7) is 6.43. The minimum absolute atomic E-state index is 0.113. The van der Waals surface area contributed by atoms with E-state index in [1.54, 1.807) is 0 Å². The molecule has 0 aliphatic carbocycles. The lowest BCUT2D eigenvalue weighted by atomic mass is 10.1. The molecule has 0 aromatic carbocycles. The zero-order valence-electron chi connectivity index (χ0n) is 46.2. The van der Waals surface area contributed by atoms with E-state index in [1.807, 2.05) is 6.08 Å². The lowest BCUT2D eigenvalue weighted by molar-refractivity contribution is -0.166. The van der Waals surface area contributed by atoms with Gasteiger partial charge in [0, 0.05) is 19.3 Å². The van der Waals surface area contributed by atoms with Crippen molar-refractivity contribution in [2.45, 2.75) is 271 Å². The molecule has 1 unspecified atom stereocenters. The summed E-state index contributed by atoms with van der Waals surface area (Å²) in [5.41, 5.74) is 0. The molecule has 0 aromatic rings. The number of allylic oxidation sites excluding steroid dienone is 18. The normalized spacial score (nSPS) is 12.9. The number of rotatable bonds is 52. The molecule has 0 heterocycles. The van der Waals surface area contributed by atoms with Gasteiger partial charge in [0.2, 0.25) is 0 Å². The van der Waals surface area contributed by atoms with Gasteiger partial charge in [-0.05, 0) is 103 Å². The Labute approximate surface area is 438 Å². The van der Waals surface area contributed by atoms with Crippen LogP contribution in [0.5, 0.6) is 0 Å². The van der Waals surface area contributed by atoms with Gasteiger partial charge in [0.05, 0.1) is 0 Å². The van der Waals surface area contributed by atoms with E-state index in [1.165, 1.54) is 122 Å². The van der Waals surface area contributed by atoms with Gasteiger partial charge in [-0.2, -0.15) is 0 Å². The van der Waals surface area contributed by atoms with Crippen molar-refractivity contribution < 1.29 is 28.6 Å². The third-order valence-corrected chi connectivity index (χ3v) is 12.3. The van der Waals surface area contributed by atoms with Crippen LogP contribution in [0, 0.1) is 0 Å². The summed E-state index contributed by atoms with van der Waals surface area (Å²) in [5, 5.41) is 0. The first-order valence-corrected chi connectivity index (χ1v) is 29.4. The molecule has 0 amide bonds. The standard InChI is InChI=1S/C65H108O6/c1-4-7-10-13-16-19-22-25-28-31-33-35-37-40-43-46-49-52-55-58-64(67)70-61-62(60-69-63(66)57-54-51-48-45-42-39-36-30-27-24-21-18-15-12-9-6-3)71-65(68)59-56-53-50-47-44-41-38-34-32-29-26-23-20-17-14-11-8-5-2/h9,12,18,21,23,26-27,29-34,38-39,42,48,51,62H,4-8,10-11,13-17,19-20,22,24-25,28,35-37,40-41,43-47,49-50,52-61H2,1-3H3/b12-9-,21-18-,26-23-,30-27-,32-29-,33-31-,38-34-,42-39-,51-48-. The van der Waals surface area contributed by atoms with Crippen LogP contribution < -0.4 is 0 Å². The fourth-order valence-electron chi connectivity index (χ4n) is 7.90. The highest BCUT2D eigenvalue weighted by atomic mass is 16.6. The van der Waals surface area contributed by atoms with Gasteiger partial charge < -0.3 is 14.2 Å². The van der Waals surface area contributed by atoms with Crippen LogP contribution in [0.4, 0.5) is 0 Å². The Morgan fingerprint density at radius 3 is 1.06 bits per heavy atom. The average Bonchev–Trinajstić information content (AvgIpc) is 3.37. The first-order valence-electron chi connectivity index (χ1n) is 29.4. The maximum absolute atomic E-state index is 12.9. The summed E-state index contributed by atoms with van der Waals surface area (Å²) in [5.74, 6) is -1.02. The van der Waals surface area contributed by atoms with Gasteiger partial charge in [-0.15, -0.1) is 0 Å². The Balaban J connectivity index is 4.52. The van der Waals surface area contributed by atoms with Gasteiger partial charge in [-0.1, -0.05) is 252 Å². The van der Waals surface area contributed by atoms with E-state index in [0.717, 1.165) is 96.3 Å². The zero-order chi connectivity index (χ0) is 51.4. The van der Waals surface area contributed by atoms with Crippen molar-refractivity contribution in [3.05, 3.63) is 109 Å². The third-order valence-electron chi connectivity index (χ3n) is 12.3. The molecule has 0 rings (SSSR count). The molecule has 0 aliphatic rings. The van der Waals surface area contributed by atoms with Crippen molar-refractivity contribution in [2.75, 3.05) is 13.2 Å². The van der Waals surface area contributed by atoms with Gasteiger partial charge in [0.15, 0.2) is 6.10 Å². The minimum Gasteiger partial charge on any atom is -0.462 e. The van der Waals surface area contributed by atoms with E-state index in [0.29, 0.717) is 12.8 Å². The van der Waals surface area contributed by atoms with Crippen molar-refractivity contribution in [1.82, 2.24) is 0 Å². The van der Waals surface area contributed by atoms with Crippen LogP contribution in [0.15, 0.2) is 109 Å². The van der Waals surface area contributed by atoms with Crippen LogP contribution in [0.25, 0.3) is 0 Å². The van der Waals surface area contributed by atoms with Crippen LogP contribution >= 0.6 is 0 Å². The molecule has 0 spiro atoms. The van der Waals surface area contributed by atoms with Gasteiger partial charge in [0.1, 0.15) is 13.2 Å². The first-order chi connectivity index (χ1) is 35.0. The molecule has 6 heteroatoms. The highest BCUT2D eigenvalue weighted by molar-refractivity contribution is 5.71.